The van der Waals surface area contributed by atoms with Crippen LogP contribution in [0.5, 0.6) is 0 Å². The molecule has 0 saturated heterocycles. The zero-order valence-corrected chi connectivity index (χ0v) is 16.1. The summed E-state index contributed by atoms with van der Waals surface area (Å²) in [5, 5.41) is 1.34. The summed E-state index contributed by atoms with van der Waals surface area (Å²) >= 11 is 0. The predicted molar refractivity (Wildman–Crippen MR) is 107 cm³/mol. The topological polar surface area (TPSA) is 39.3 Å². The van der Waals surface area contributed by atoms with E-state index in [1.165, 1.54) is 40.4 Å². The van der Waals surface area contributed by atoms with Gasteiger partial charge in [0.15, 0.2) is 0 Å². The standard InChI is InChI=1S/C22H29N3O/c1-4-5-6-10-24(2)22(26)16-11-18-17-8-7-9-19-21(17)15(13-23-19)12-20(18)25(3)14-16/h7-9,11,13,16,20,23H,4-6,10,12,14H2,1-3H3. The van der Waals surface area contributed by atoms with Crippen molar-refractivity contribution in [1.29, 1.82) is 0 Å². The van der Waals surface area contributed by atoms with Crippen LogP contribution < -0.4 is 0 Å². The minimum atomic E-state index is -0.0476. The first-order valence-corrected chi connectivity index (χ1v) is 9.86. The van der Waals surface area contributed by atoms with Gasteiger partial charge in [0.25, 0.3) is 0 Å². The van der Waals surface area contributed by atoms with Crippen molar-refractivity contribution in [2.45, 2.75) is 38.6 Å². The van der Waals surface area contributed by atoms with Crippen molar-refractivity contribution in [1.82, 2.24) is 14.8 Å². The highest BCUT2D eigenvalue weighted by atomic mass is 16.2. The monoisotopic (exact) mass is 351 g/mol. The molecule has 4 heteroatoms. The average Bonchev–Trinajstić information content (AvgIpc) is 3.06. The Balaban J connectivity index is 1.65. The molecule has 2 aromatic rings. The van der Waals surface area contributed by atoms with Crippen molar-refractivity contribution in [3.05, 3.63) is 41.6 Å². The molecule has 4 rings (SSSR count). The molecule has 1 aliphatic heterocycles. The first kappa shape index (κ1) is 17.3. The van der Waals surface area contributed by atoms with Gasteiger partial charge in [-0.05, 0) is 42.7 Å². The zero-order valence-electron chi connectivity index (χ0n) is 16.1. The van der Waals surface area contributed by atoms with Crippen molar-refractivity contribution in [3.63, 3.8) is 0 Å². The number of likely N-dealkylation sites (N-methyl/N-ethyl adjacent to an activating group) is 1. The van der Waals surface area contributed by atoms with Crippen LogP contribution in [0.4, 0.5) is 0 Å². The molecule has 138 valence electrons. The molecule has 0 fully saturated rings. The fourth-order valence-electron chi connectivity index (χ4n) is 4.60. The molecule has 1 aromatic heterocycles. The molecular formula is C22H29N3O. The highest BCUT2D eigenvalue weighted by molar-refractivity contribution is 5.99. The Morgan fingerprint density at radius 3 is 3.00 bits per heavy atom. The molecule has 4 nitrogen and oxygen atoms in total. The van der Waals surface area contributed by atoms with Gasteiger partial charge in [0.1, 0.15) is 0 Å². The first-order chi connectivity index (χ1) is 12.6. The summed E-state index contributed by atoms with van der Waals surface area (Å²) in [5.41, 5.74) is 5.22. The van der Waals surface area contributed by atoms with Crippen molar-refractivity contribution in [3.8, 4) is 0 Å². The molecule has 1 amide bonds. The number of unbranched alkanes of at least 4 members (excludes halogenated alkanes) is 2. The number of hydrogen-bond donors (Lipinski definition) is 1. The van der Waals surface area contributed by atoms with E-state index in [4.69, 9.17) is 0 Å². The highest BCUT2D eigenvalue weighted by Crippen LogP contribution is 2.40. The van der Waals surface area contributed by atoms with E-state index < -0.39 is 0 Å². The van der Waals surface area contributed by atoms with Gasteiger partial charge < -0.3 is 9.88 Å². The summed E-state index contributed by atoms with van der Waals surface area (Å²) in [6.45, 7) is 3.86. The van der Waals surface area contributed by atoms with Crippen molar-refractivity contribution in [2.24, 2.45) is 5.92 Å². The number of aromatic amines is 1. The predicted octanol–water partition coefficient (Wildman–Crippen LogP) is 3.69. The molecule has 2 atom stereocenters. The van der Waals surface area contributed by atoms with Crippen molar-refractivity contribution >= 4 is 22.4 Å². The average molecular weight is 351 g/mol. The van der Waals surface area contributed by atoms with Gasteiger partial charge in [-0.1, -0.05) is 38.0 Å². The van der Waals surface area contributed by atoms with Gasteiger partial charge in [0.2, 0.25) is 5.91 Å². The number of fused-ring (bicyclic) bond motifs is 2. The third-order valence-electron chi connectivity index (χ3n) is 6.06. The number of aromatic nitrogens is 1. The number of benzene rings is 1. The molecule has 2 aliphatic rings. The Bertz CT molecular complexity index is 850. The van der Waals surface area contributed by atoms with Crippen LogP contribution in [0.1, 0.15) is 37.3 Å². The Labute approximate surface area is 155 Å². The summed E-state index contributed by atoms with van der Waals surface area (Å²) in [6, 6.07) is 6.84. The molecule has 1 aromatic carbocycles. The van der Waals surface area contributed by atoms with E-state index in [9.17, 15) is 4.79 Å². The quantitative estimate of drug-likeness (QED) is 0.835. The fourth-order valence-corrected chi connectivity index (χ4v) is 4.60. The Hall–Kier alpha value is -2.07. The molecule has 0 bridgehead atoms. The van der Waals surface area contributed by atoms with Crippen LogP contribution in [0.2, 0.25) is 0 Å². The zero-order chi connectivity index (χ0) is 18.3. The first-order valence-electron chi connectivity index (χ1n) is 9.86. The van der Waals surface area contributed by atoms with Gasteiger partial charge in [-0.2, -0.15) is 0 Å². The number of carbonyl (C=O) groups is 1. The van der Waals surface area contributed by atoms with E-state index in [0.717, 1.165) is 25.9 Å². The summed E-state index contributed by atoms with van der Waals surface area (Å²) in [7, 11) is 4.11. The fraction of sp³-hybridized carbons (Fsp3) is 0.500. The Morgan fingerprint density at radius 2 is 2.19 bits per heavy atom. The van der Waals surface area contributed by atoms with E-state index in [-0.39, 0.29) is 11.8 Å². The van der Waals surface area contributed by atoms with Crippen molar-refractivity contribution < 1.29 is 4.79 Å². The lowest BCUT2D eigenvalue weighted by atomic mass is 9.79. The van der Waals surface area contributed by atoms with Crippen LogP contribution in [0, 0.1) is 5.92 Å². The van der Waals surface area contributed by atoms with Gasteiger partial charge in [-0.3, -0.25) is 9.69 Å². The largest absolute Gasteiger partial charge is 0.361 e. The van der Waals surface area contributed by atoms with Gasteiger partial charge in [-0.15, -0.1) is 0 Å². The molecule has 2 unspecified atom stereocenters. The minimum absolute atomic E-state index is 0.0476. The SMILES string of the molecule is CCCCCN(C)C(=O)C1C=C2c3cccc4[nH]cc(c34)CC2N(C)C1. The molecule has 26 heavy (non-hydrogen) atoms. The van der Waals surface area contributed by atoms with E-state index in [0.29, 0.717) is 6.04 Å². The van der Waals surface area contributed by atoms with E-state index in [1.807, 2.05) is 11.9 Å². The van der Waals surface area contributed by atoms with Gasteiger partial charge in [0, 0.05) is 43.3 Å². The second kappa shape index (κ2) is 6.92. The van der Waals surface area contributed by atoms with Crippen LogP contribution >= 0.6 is 0 Å². The number of nitrogens with zero attached hydrogens (tertiary/aromatic N) is 2. The molecule has 2 heterocycles. The number of carbonyl (C=O) groups excluding carboxylic acids is 1. The lowest BCUT2D eigenvalue weighted by molar-refractivity contribution is -0.133. The third-order valence-corrected chi connectivity index (χ3v) is 6.06. The van der Waals surface area contributed by atoms with Crippen LogP contribution in [-0.2, 0) is 11.2 Å². The van der Waals surface area contributed by atoms with E-state index in [2.05, 4.69) is 54.3 Å². The molecule has 1 N–H and O–H groups in total. The molecule has 0 saturated carbocycles. The van der Waals surface area contributed by atoms with Gasteiger partial charge >= 0.3 is 0 Å². The van der Waals surface area contributed by atoms with E-state index in [1.54, 1.807) is 0 Å². The summed E-state index contributed by atoms with van der Waals surface area (Å²) in [6.07, 6.45) is 8.89. The number of hydrogen-bond acceptors (Lipinski definition) is 2. The Kier molecular flexibility index (Phi) is 4.62. The summed E-state index contributed by atoms with van der Waals surface area (Å²) in [5.74, 6) is 0.208. The van der Waals surface area contributed by atoms with E-state index >= 15 is 0 Å². The Morgan fingerprint density at radius 1 is 1.35 bits per heavy atom. The summed E-state index contributed by atoms with van der Waals surface area (Å²) in [4.78, 5) is 20.7. The lowest BCUT2D eigenvalue weighted by Crippen LogP contribution is -2.47. The third kappa shape index (κ3) is 2.86. The van der Waals surface area contributed by atoms with Gasteiger partial charge in [0.05, 0.1) is 5.92 Å². The maximum absolute atomic E-state index is 13.0. The molecular weight excluding hydrogens is 322 g/mol. The van der Waals surface area contributed by atoms with Crippen molar-refractivity contribution in [2.75, 3.05) is 27.2 Å². The number of rotatable bonds is 5. The second-order valence-corrected chi connectivity index (χ2v) is 7.90. The molecule has 1 aliphatic carbocycles. The number of nitrogens with one attached hydrogen (secondary N) is 1. The van der Waals surface area contributed by atoms with Crippen LogP contribution in [0.15, 0.2) is 30.5 Å². The molecule has 0 radical (unpaired) electrons. The van der Waals surface area contributed by atoms with Gasteiger partial charge in [-0.25, -0.2) is 0 Å². The van der Waals surface area contributed by atoms with Crippen LogP contribution in [-0.4, -0.2) is 53.9 Å². The highest BCUT2D eigenvalue weighted by Gasteiger charge is 2.36. The lowest BCUT2D eigenvalue weighted by Gasteiger charge is -2.40. The smallest absolute Gasteiger partial charge is 0.230 e. The maximum atomic E-state index is 13.0. The maximum Gasteiger partial charge on any atom is 0.230 e. The van der Waals surface area contributed by atoms with Crippen LogP contribution in [0.3, 0.4) is 0 Å². The second-order valence-electron chi connectivity index (χ2n) is 7.90. The van der Waals surface area contributed by atoms with Crippen LogP contribution in [0.25, 0.3) is 16.5 Å². The summed E-state index contributed by atoms with van der Waals surface area (Å²) < 4.78 is 0. The normalized spacial score (nSPS) is 22.2. The minimum Gasteiger partial charge on any atom is -0.361 e. The number of H-pyrrole nitrogens is 1. The number of amides is 1. The molecule has 0 spiro atoms.